The summed E-state index contributed by atoms with van der Waals surface area (Å²) in [7, 11) is 0. The first kappa shape index (κ1) is 14.7. The van der Waals surface area contributed by atoms with Gasteiger partial charge in [-0.1, -0.05) is 23.4 Å². The average molecular weight is 272 g/mol. The van der Waals surface area contributed by atoms with Gasteiger partial charge in [0.1, 0.15) is 0 Å². The molecule has 1 heterocycles. The van der Waals surface area contributed by atoms with Gasteiger partial charge in [0, 0.05) is 12.1 Å². The van der Waals surface area contributed by atoms with Crippen molar-refractivity contribution >= 4 is 0 Å². The summed E-state index contributed by atoms with van der Waals surface area (Å²) in [5, 5.41) is 11.9. The van der Waals surface area contributed by atoms with Crippen LogP contribution in [0, 0.1) is 13.8 Å². The lowest BCUT2D eigenvalue weighted by Gasteiger charge is -2.19. The fourth-order valence-corrected chi connectivity index (χ4v) is 2.11. The zero-order valence-electron chi connectivity index (χ0n) is 13.1. The maximum absolute atomic E-state index is 4.23. The van der Waals surface area contributed by atoms with E-state index in [1.807, 2.05) is 10.9 Å². The van der Waals surface area contributed by atoms with Crippen LogP contribution in [0.25, 0.3) is 0 Å². The van der Waals surface area contributed by atoms with Crippen LogP contribution in [0.15, 0.2) is 24.4 Å². The molecular weight excluding hydrogens is 248 g/mol. The second kappa shape index (κ2) is 5.75. The van der Waals surface area contributed by atoms with E-state index in [9.17, 15) is 0 Å². The Labute approximate surface area is 121 Å². The quantitative estimate of drug-likeness (QED) is 0.930. The van der Waals surface area contributed by atoms with Crippen LogP contribution >= 0.6 is 0 Å². The molecule has 1 aromatic heterocycles. The molecule has 1 aromatic carbocycles. The Morgan fingerprint density at radius 1 is 1.15 bits per heavy atom. The fraction of sp³-hybridized carbons (Fsp3) is 0.500. The van der Waals surface area contributed by atoms with Gasteiger partial charge < -0.3 is 5.32 Å². The molecule has 0 radical (unpaired) electrons. The van der Waals surface area contributed by atoms with Crippen LogP contribution in [0.4, 0.5) is 0 Å². The molecule has 4 nitrogen and oxygen atoms in total. The summed E-state index contributed by atoms with van der Waals surface area (Å²) in [5.41, 5.74) is 5.00. The topological polar surface area (TPSA) is 42.7 Å². The minimum atomic E-state index is 0.0936. The average Bonchev–Trinajstić information content (AvgIpc) is 2.79. The van der Waals surface area contributed by atoms with E-state index >= 15 is 0 Å². The van der Waals surface area contributed by atoms with Crippen LogP contribution in [-0.2, 0) is 13.1 Å². The highest BCUT2D eigenvalue weighted by Crippen LogP contribution is 2.14. The number of nitrogens with one attached hydrogen (secondary N) is 1. The van der Waals surface area contributed by atoms with Crippen LogP contribution in [0.5, 0.6) is 0 Å². The normalized spacial score (nSPS) is 11.8. The number of aromatic nitrogens is 3. The number of nitrogens with zero attached hydrogens (tertiary/aromatic N) is 3. The summed E-state index contributed by atoms with van der Waals surface area (Å²) in [5.74, 6) is 0. The Morgan fingerprint density at radius 2 is 1.80 bits per heavy atom. The molecule has 20 heavy (non-hydrogen) atoms. The highest BCUT2D eigenvalue weighted by molar-refractivity contribution is 5.33. The van der Waals surface area contributed by atoms with Crippen molar-refractivity contribution in [1.29, 1.82) is 0 Å². The summed E-state index contributed by atoms with van der Waals surface area (Å²) in [6.45, 7) is 12.2. The van der Waals surface area contributed by atoms with Gasteiger partial charge in [0.15, 0.2) is 0 Å². The van der Waals surface area contributed by atoms with Crippen molar-refractivity contribution in [2.75, 3.05) is 0 Å². The standard InChI is InChI=1S/C16H24N4/c1-12-7-6-8-13(2)15(12)11-20-10-14(18-19-20)9-17-16(3,4)5/h6-8,10,17H,9,11H2,1-5H3. The van der Waals surface area contributed by atoms with Gasteiger partial charge in [-0.05, 0) is 51.3 Å². The van der Waals surface area contributed by atoms with E-state index in [1.54, 1.807) is 0 Å². The maximum atomic E-state index is 4.23. The molecule has 0 aliphatic rings. The third-order valence-corrected chi connectivity index (χ3v) is 3.35. The minimum absolute atomic E-state index is 0.0936. The number of hydrogen-bond donors (Lipinski definition) is 1. The van der Waals surface area contributed by atoms with Crippen molar-refractivity contribution in [3.05, 3.63) is 46.8 Å². The van der Waals surface area contributed by atoms with E-state index in [1.165, 1.54) is 16.7 Å². The third-order valence-electron chi connectivity index (χ3n) is 3.35. The maximum Gasteiger partial charge on any atom is 0.0965 e. The Kier molecular flexibility index (Phi) is 4.23. The molecule has 2 rings (SSSR count). The third kappa shape index (κ3) is 3.90. The molecule has 0 spiro atoms. The largest absolute Gasteiger partial charge is 0.306 e. The summed E-state index contributed by atoms with van der Waals surface area (Å²) in [4.78, 5) is 0. The van der Waals surface area contributed by atoms with Crippen molar-refractivity contribution in [3.63, 3.8) is 0 Å². The molecule has 2 aromatic rings. The summed E-state index contributed by atoms with van der Waals surface area (Å²) >= 11 is 0. The van der Waals surface area contributed by atoms with Gasteiger partial charge in [-0.15, -0.1) is 5.10 Å². The van der Waals surface area contributed by atoms with Gasteiger partial charge in [-0.3, -0.25) is 0 Å². The predicted octanol–water partition coefficient (Wildman–Crippen LogP) is 2.83. The summed E-state index contributed by atoms with van der Waals surface area (Å²) in [6, 6.07) is 6.37. The van der Waals surface area contributed by atoms with E-state index in [0.29, 0.717) is 0 Å². The molecule has 0 aliphatic carbocycles. The lowest BCUT2D eigenvalue weighted by atomic mass is 10.0. The molecule has 4 heteroatoms. The van der Waals surface area contributed by atoms with E-state index < -0.39 is 0 Å². The van der Waals surface area contributed by atoms with Crippen LogP contribution in [0.2, 0.25) is 0 Å². The molecule has 0 aliphatic heterocycles. The van der Waals surface area contributed by atoms with E-state index in [4.69, 9.17) is 0 Å². The molecule has 0 amide bonds. The van der Waals surface area contributed by atoms with Gasteiger partial charge >= 0.3 is 0 Å². The lowest BCUT2D eigenvalue weighted by molar-refractivity contribution is 0.421. The van der Waals surface area contributed by atoms with Crippen molar-refractivity contribution in [2.45, 2.75) is 53.2 Å². The van der Waals surface area contributed by atoms with Gasteiger partial charge in [-0.2, -0.15) is 0 Å². The molecule has 0 atom stereocenters. The van der Waals surface area contributed by atoms with Crippen molar-refractivity contribution in [1.82, 2.24) is 20.3 Å². The zero-order valence-corrected chi connectivity index (χ0v) is 13.1. The van der Waals surface area contributed by atoms with Crippen LogP contribution in [0.1, 0.15) is 43.2 Å². The fourth-order valence-electron chi connectivity index (χ4n) is 2.11. The molecular formula is C16H24N4. The molecule has 0 saturated heterocycles. The van der Waals surface area contributed by atoms with Crippen molar-refractivity contribution in [3.8, 4) is 0 Å². The van der Waals surface area contributed by atoms with E-state index in [-0.39, 0.29) is 5.54 Å². The predicted molar refractivity (Wildman–Crippen MR) is 81.6 cm³/mol. The summed E-state index contributed by atoms with van der Waals surface area (Å²) in [6.07, 6.45) is 2.02. The minimum Gasteiger partial charge on any atom is -0.306 e. The molecule has 1 N–H and O–H groups in total. The molecule has 108 valence electrons. The molecule has 0 unspecified atom stereocenters. The Bertz CT molecular complexity index is 558. The van der Waals surface area contributed by atoms with Crippen molar-refractivity contribution in [2.24, 2.45) is 0 Å². The number of hydrogen-bond acceptors (Lipinski definition) is 3. The highest BCUT2D eigenvalue weighted by Gasteiger charge is 2.10. The Morgan fingerprint density at radius 3 is 2.40 bits per heavy atom. The van der Waals surface area contributed by atoms with Crippen LogP contribution in [-0.4, -0.2) is 20.5 Å². The Balaban J connectivity index is 2.06. The van der Waals surface area contributed by atoms with Crippen LogP contribution < -0.4 is 5.32 Å². The zero-order chi connectivity index (χ0) is 14.8. The van der Waals surface area contributed by atoms with E-state index in [2.05, 4.69) is 68.4 Å². The van der Waals surface area contributed by atoms with Crippen molar-refractivity contribution < 1.29 is 0 Å². The van der Waals surface area contributed by atoms with Crippen LogP contribution in [0.3, 0.4) is 0 Å². The lowest BCUT2D eigenvalue weighted by Crippen LogP contribution is -2.35. The van der Waals surface area contributed by atoms with Gasteiger partial charge in [0.2, 0.25) is 0 Å². The van der Waals surface area contributed by atoms with Gasteiger partial charge in [0.05, 0.1) is 18.4 Å². The first-order valence-electron chi connectivity index (χ1n) is 7.04. The monoisotopic (exact) mass is 272 g/mol. The second-order valence-corrected chi connectivity index (χ2v) is 6.38. The number of rotatable bonds is 4. The first-order valence-corrected chi connectivity index (χ1v) is 7.04. The number of aryl methyl sites for hydroxylation is 2. The highest BCUT2D eigenvalue weighted by atomic mass is 15.4. The summed E-state index contributed by atoms with van der Waals surface area (Å²) < 4.78 is 1.91. The smallest absolute Gasteiger partial charge is 0.0965 e. The SMILES string of the molecule is Cc1cccc(C)c1Cn1cc(CNC(C)(C)C)nn1. The first-order chi connectivity index (χ1) is 9.35. The second-order valence-electron chi connectivity index (χ2n) is 6.38. The number of benzene rings is 1. The molecule has 0 saturated carbocycles. The molecule has 0 fully saturated rings. The van der Waals surface area contributed by atoms with Gasteiger partial charge in [0.25, 0.3) is 0 Å². The van der Waals surface area contributed by atoms with E-state index in [0.717, 1.165) is 18.8 Å². The Hall–Kier alpha value is -1.68. The van der Waals surface area contributed by atoms with Gasteiger partial charge in [-0.25, -0.2) is 4.68 Å². The molecule has 0 bridgehead atoms.